The van der Waals surface area contributed by atoms with E-state index in [2.05, 4.69) is 6.07 Å². The molecule has 0 spiro atoms. The van der Waals surface area contributed by atoms with Gasteiger partial charge in [-0.2, -0.15) is 5.26 Å². The fourth-order valence-electron chi connectivity index (χ4n) is 5.04. The number of anilines is 1. The molecule has 204 valence electrons. The summed E-state index contributed by atoms with van der Waals surface area (Å²) in [4.78, 5) is 43.4. The third-order valence-electron chi connectivity index (χ3n) is 7.11. The van der Waals surface area contributed by atoms with Crippen LogP contribution in [0.25, 0.3) is 6.08 Å². The van der Waals surface area contributed by atoms with Gasteiger partial charge in [0.25, 0.3) is 11.5 Å². The lowest BCUT2D eigenvalue weighted by atomic mass is 9.96. The second-order valence-corrected chi connectivity index (χ2v) is 11.4. The molecule has 2 aliphatic heterocycles. The van der Waals surface area contributed by atoms with Crippen molar-refractivity contribution in [1.29, 1.82) is 5.26 Å². The molecular weight excluding hydrogens is 532 g/mol. The van der Waals surface area contributed by atoms with Crippen molar-refractivity contribution in [3.05, 3.63) is 67.3 Å². The number of nitriles is 1. The number of hydrogen-bond acceptors (Lipinski definition) is 8. The molecule has 39 heavy (non-hydrogen) atoms. The average molecular weight is 565 g/mol. The summed E-state index contributed by atoms with van der Waals surface area (Å²) in [6.45, 7) is 9.39. The highest BCUT2D eigenvalue weighted by atomic mass is 32.2. The number of nitrogens with zero attached hydrogens (tertiary/aromatic N) is 4. The normalized spacial score (nSPS) is 18.5. The Labute approximate surface area is 238 Å². The molecule has 1 atom stereocenters. The van der Waals surface area contributed by atoms with Crippen molar-refractivity contribution in [3.8, 4) is 6.07 Å². The van der Waals surface area contributed by atoms with Crippen molar-refractivity contribution >= 4 is 52.1 Å². The minimum atomic E-state index is -0.380. The summed E-state index contributed by atoms with van der Waals surface area (Å²) in [5.41, 5.74) is 2.89. The summed E-state index contributed by atoms with van der Waals surface area (Å²) in [6.07, 6.45) is 3.20. The number of rotatable bonds is 7. The van der Waals surface area contributed by atoms with Crippen molar-refractivity contribution in [1.82, 2.24) is 9.47 Å². The Hall–Kier alpha value is -3.42. The number of ether oxygens (including phenoxy) is 1. The highest BCUT2D eigenvalue weighted by Crippen LogP contribution is 2.37. The van der Waals surface area contributed by atoms with Gasteiger partial charge in [-0.05, 0) is 57.7 Å². The number of piperidine rings is 1. The van der Waals surface area contributed by atoms with Gasteiger partial charge >= 0.3 is 5.97 Å². The van der Waals surface area contributed by atoms with E-state index in [0.29, 0.717) is 65.4 Å². The van der Waals surface area contributed by atoms with Gasteiger partial charge in [0.05, 0.1) is 24.0 Å². The largest absolute Gasteiger partial charge is 0.466 e. The molecule has 2 saturated heterocycles. The number of thioether (sulfide) groups is 1. The SMILES string of the molecule is CCOC(=O)C1CCCN(c2c(C=C3SC(=S)N(Cc4ccc(C)cc4)C3=O)c(C)c(C#N)c(=O)n2CC)C1. The van der Waals surface area contributed by atoms with Crippen molar-refractivity contribution in [2.24, 2.45) is 5.92 Å². The van der Waals surface area contributed by atoms with Crippen molar-refractivity contribution in [3.63, 3.8) is 0 Å². The Balaban J connectivity index is 1.78. The van der Waals surface area contributed by atoms with E-state index in [1.807, 2.05) is 43.0 Å². The highest BCUT2D eigenvalue weighted by molar-refractivity contribution is 8.26. The molecule has 1 aromatic heterocycles. The first kappa shape index (κ1) is 28.6. The zero-order chi connectivity index (χ0) is 28.3. The van der Waals surface area contributed by atoms with E-state index in [9.17, 15) is 19.6 Å². The Morgan fingerprint density at radius 3 is 2.59 bits per heavy atom. The monoisotopic (exact) mass is 564 g/mol. The van der Waals surface area contributed by atoms with Crippen LogP contribution in [0.2, 0.25) is 0 Å². The highest BCUT2D eigenvalue weighted by Gasteiger charge is 2.34. The van der Waals surface area contributed by atoms with E-state index < -0.39 is 0 Å². The fourth-order valence-corrected chi connectivity index (χ4v) is 6.28. The first-order chi connectivity index (χ1) is 18.7. The van der Waals surface area contributed by atoms with Crippen molar-refractivity contribution in [2.75, 3.05) is 24.6 Å². The molecule has 1 aromatic carbocycles. The van der Waals surface area contributed by atoms with Crippen LogP contribution in [0.1, 0.15) is 54.5 Å². The van der Waals surface area contributed by atoms with E-state index in [4.69, 9.17) is 17.0 Å². The summed E-state index contributed by atoms with van der Waals surface area (Å²) < 4.78 is 7.30. The number of benzene rings is 1. The van der Waals surface area contributed by atoms with Gasteiger partial charge in [0, 0.05) is 25.2 Å². The van der Waals surface area contributed by atoms with Crippen LogP contribution >= 0.6 is 24.0 Å². The molecule has 10 heteroatoms. The van der Waals surface area contributed by atoms with Crippen LogP contribution in [0.15, 0.2) is 34.0 Å². The third-order valence-corrected chi connectivity index (χ3v) is 8.49. The van der Waals surface area contributed by atoms with Crippen LogP contribution in [0.3, 0.4) is 0 Å². The number of amides is 1. The predicted molar refractivity (Wildman–Crippen MR) is 157 cm³/mol. The molecule has 0 saturated carbocycles. The van der Waals surface area contributed by atoms with Crippen LogP contribution in [0.4, 0.5) is 5.82 Å². The van der Waals surface area contributed by atoms with Crippen LogP contribution < -0.4 is 10.5 Å². The van der Waals surface area contributed by atoms with E-state index in [-0.39, 0.29) is 28.9 Å². The number of pyridine rings is 1. The fraction of sp³-hybridized carbons (Fsp3) is 0.414. The van der Waals surface area contributed by atoms with E-state index in [1.165, 1.54) is 11.8 Å². The summed E-state index contributed by atoms with van der Waals surface area (Å²) in [6, 6.07) is 10.0. The first-order valence-electron chi connectivity index (χ1n) is 13.1. The van der Waals surface area contributed by atoms with E-state index >= 15 is 0 Å². The van der Waals surface area contributed by atoms with Gasteiger partial charge in [-0.1, -0.05) is 53.8 Å². The summed E-state index contributed by atoms with van der Waals surface area (Å²) in [5, 5.41) is 9.84. The van der Waals surface area contributed by atoms with Crippen molar-refractivity contribution < 1.29 is 14.3 Å². The second kappa shape index (κ2) is 12.2. The smallest absolute Gasteiger partial charge is 0.310 e. The summed E-state index contributed by atoms with van der Waals surface area (Å²) >= 11 is 6.78. The number of aryl methyl sites for hydroxylation is 1. The molecule has 8 nitrogen and oxygen atoms in total. The maximum atomic E-state index is 13.5. The Morgan fingerprint density at radius 1 is 1.23 bits per heavy atom. The third kappa shape index (κ3) is 5.80. The van der Waals surface area contributed by atoms with Gasteiger partial charge in [0.15, 0.2) is 0 Å². The van der Waals surface area contributed by atoms with Gasteiger partial charge in [0.1, 0.15) is 21.8 Å². The molecule has 2 aromatic rings. The molecule has 2 aliphatic rings. The Morgan fingerprint density at radius 2 is 1.95 bits per heavy atom. The lowest BCUT2D eigenvalue weighted by molar-refractivity contribution is -0.148. The van der Waals surface area contributed by atoms with Gasteiger partial charge in [-0.3, -0.25) is 23.9 Å². The van der Waals surface area contributed by atoms with Gasteiger partial charge in [-0.25, -0.2) is 0 Å². The molecule has 1 unspecified atom stereocenters. The Bertz CT molecular complexity index is 1440. The molecule has 0 radical (unpaired) electrons. The lowest BCUT2D eigenvalue weighted by Gasteiger charge is -2.36. The average Bonchev–Trinajstić information content (AvgIpc) is 3.19. The molecule has 0 N–H and O–H groups in total. The topological polar surface area (TPSA) is 95.6 Å². The predicted octanol–water partition coefficient (Wildman–Crippen LogP) is 4.54. The van der Waals surface area contributed by atoms with Crippen LogP contribution in [-0.2, 0) is 27.4 Å². The van der Waals surface area contributed by atoms with Crippen LogP contribution in [-0.4, -0.2) is 45.4 Å². The maximum absolute atomic E-state index is 13.5. The summed E-state index contributed by atoms with van der Waals surface area (Å²) in [5.74, 6) is -0.185. The number of esters is 1. The number of aromatic nitrogens is 1. The van der Waals surface area contributed by atoms with Crippen molar-refractivity contribution in [2.45, 2.75) is 53.6 Å². The minimum absolute atomic E-state index is 0.0425. The van der Waals surface area contributed by atoms with E-state index in [1.54, 1.807) is 29.4 Å². The van der Waals surface area contributed by atoms with Gasteiger partial charge in [-0.15, -0.1) is 0 Å². The van der Waals surface area contributed by atoms with Crippen LogP contribution in [0, 0.1) is 31.1 Å². The van der Waals surface area contributed by atoms with E-state index in [0.717, 1.165) is 17.5 Å². The molecule has 3 heterocycles. The molecule has 1 amide bonds. The van der Waals surface area contributed by atoms with Crippen LogP contribution in [0.5, 0.6) is 0 Å². The quantitative estimate of drug-likeness (QED) is 0.275. The molecule has 4 rings (SSSR count). The zero-order valence-electron chi connectivity index (χ0n) is 22.7. The molecule has 0 aliphatic carbocycles. The second-order valence-electron chi connectivity index (χ2n) is 9.69. The lowest BCUT2D eigenvalue weighted by Crippen LogP contribution is -2.43. The number of carbonyl (C=O) groups is 2. The minimum Gasteiger partial charge on any atom is -0.466 e. The number of thiocarbonyl (C=S) groups is 1. The van der Waals surface area contributed by atoms with Gasteiger partial charge < -0.3 is 9.64 Å². The molecule has 2 fully saturated rings. The number of hydrogen-bond donors (Lipinski definition) is 0. The maximum Gasteiger partial charge on any atom is 0.310 e. The van der Waals surface area contributed by atoms with Gasteiger partial charge in [0.2, 0.25) is 0 Å². The first-order valence-corrected chi connectivity index (χ1v) is 14.3. The Kier molecular flexibility index (Phi) is 8.93. The molecule has 0 bridgehead atoms. The standard InChI is InChI=1S/C29H32N4O4S2/c1-5-32-25(31-13-7-8-21(17-31)28(36)37-6-2)22(19(4)23(15-30)26(32)34)14-24-27(35)33(29(38)39-24)16-20-11-9-18(3)10-12-20/h9-12,14,21H,5-8,13,16-17H2,1-4H3. The number of carbonyl (C=O) groups excluding carboxylic acids is 2. The summed E-state index contributed by atoms with van der Waals surface area (Å²) in [7, 11) is 0. The zero-order valence-corrected chi connectivity index (χ0v) is 24.3. The molecular formula is C29H32N4O4S2.